The molecule has 0 radical (unpaired) electrons. The van der Waals surface area contributed by atoms with E-state index in [2.05, 4.69) is 11.9 Å². The van der Waals surface area contributed by atoms with Crippen molar-refractivity contribution in [3.8, 4) is 5.75 Å². The summed E-state index contributed by atoms with van der Waals surface area (Å²) in [5.74, 6) is 0.575. The van der Waals surface area contributed by atoms with E-state index in [1.807, 2.05) is 6.07 Å². The van der Waals surface area contributed by atoms with Gasteiger partial charge in [0.05, 0.1) is 5.69 Å². The van der Waals surface area contributed by atoms with Crippen molar-refractivity contribution < 1.29 is 9.53 Å². The van der Waals surface area contributed by atoms with Gasteiger partial charge in [-0.2, -0.15) is 0 Å². The molecule has 0 aromatic heterocycles. The van der Waals surface area contributed by atoms with E-state index in [1.165, 1.54) is 0 Å². The molecule has 74 valence electrons. The van der Waals surface area contributed by atoms with Crippen molar-refractivity contribution in [3.05, 3.63) is 36.9 Å². The van der Waals surface area contributed by atoms with Gasteiger partial charge < -0.3 is 15.8 Å². The lowest BCUT2D eigenvalue weighted by atomic mass is 10.3. The molecule has 0 saturated carbocycles. The standard InChI is InChI=1S/C10H12N2O2/c1-2-7-14-9-6-4-3-5-8(9)12-10(11)13/h2-6H,1,7H2,(H3,11,12,13). The highest BCUT2D eigenvalue weighted by Gasteiger charge is 2.02. The Morgan fingerprint density at radius 3 is 2.93 bits per heavy atom. The van der Waals surface area contributed by atoms with Crippen LogP contribution >= 0.6 is 0 Å². The maximum absolute atomic E-state index is 10.6. The van der Waals surface area contributed by atoms with E-state index >= 15 is 0 Å². The van der Waals surface area contributed by atoms with E-state index in [1.54, 1.807) is 24.3 Å². The third-order valence-electron chi connectivity index (χ3n) is 1.50. The Labute approximate surface area is 82.4 Å². The molecule has 0 atom stereocenters. The van der Waals surface area contributed by atoms with Crippen molar-refractivity contribution in [3.63, 3.8) is 0 Å². The lowest BCUT2D eigenvalue weighted by molar-refractivity contribution is 0.259. The van der Waals surface area contributed by atoms with Crippen LogP contribution in [0, 0.1) is 0 Å². The maximum atomic E-state index is 10.6. The van der Waals surface area contributed by atoms with Gasteiger partial charge in [0.25, 0.3) is 0 Å². The van der Waals surface area contributed by atoms with Gasteiger partial charge in [-0.25, -0.2) is 4.79 Å². The zero-order valence-electron chi connectivity index (χ0n) is 7.69. The molecule has 0 bridgehead atoms. The highest BCUT2D eigenvalue weighted by atomic mass is 16.5. The van der Waals surface area contributed by atoms with Crippen LogP contribution in [0.5, 0.6) is 5.75 Å². The Bertz CT molecular complexity index is 337. The Kier molecular flexibility index (Phi) is 3.55. The second kappa shape index (κ2) is 4.91. The summed E-state index contributed by atoms with van der Waals surface area (Å²) in [6.07, 6.45) is 1.63. The topological polar surface area (TPSA) is 64.3 Å². The van der Waals surface area contributed by atoms with Crippen LogP contribution in [-0.4, -0.2) is 12.6 Å². The predicted octanol–water partition coefficient (Wildman–Crippen LogP) is 1.74. The molecule has 1 rings (SSSR count). The number of urea groups is 1. The minimum absolute atomic E-state index is 0.386. The van der Waals surface area contributed by atoms with Gasteiger partial charge in [-0.05, 0) is 12.1 Å². The van der Waals surface area contributed by atoms with Crippen LogP contribution in [0.3, 0.4) is 0 Å². The number of para-hydroxylation sites is 2. The molecule has 0 spiro atoms. The van der Waals surface area contributed by atoms with Crippen LogP contribution in [0.25, 0.3) is 0 Å². The first-order chi connectivity index (χ1) is 6.74. The van der Waals surface area contributed by atoms with E-state index in [4.69, 9.17) is 10.5 Å². The number of rotatable bonds is 4. The lowest BCUT2D eigenvalue weighted by Gasteiger charge is -2.09. The second-order valence-electron chi connectivity index (χ2n) is 2.59. The quantitative estimate of drug-likeness (QED) is 0.713. The molecule has 4 heteroatoms. The van der Waals surface area contributed by atoms with Gasteiger partial charge in [0.15, 0.2) is 0 Å². The zero-order chi connectivity index (χ0) is 10.4. The molecule has 2 amide bonds. The third-order valence-corrected chi connectivity index (χ3v) is 1.50. The molecular formula is C10H12N2O2. The zero-order valence-corrected chi connectivity index (χ0v) is 7.69. The van der Waals surface area contributed by atoms with Crippen LogP contribution in [-0.2, 0) is 0 Å². The number of hydrogen-bond donors (Lipinski definition) is 2. The van der Waals surface area contributed by atoms with Crippen LogP contribution < -0.4 is 15.8 Å². The average Bonchev–Trinajstić information content (AvgIpc) is 2.16. The van der Waals surface area contributed by atoms with Crippen molar-refractivity contribution in [1.82, 2.24) is 0 Å². The van der Waals surface area contributed by atoms with Gasteiger partial charge in [0, 0.05) is 0 Å². The summed E-state index contributed by atoms with van der Waals surface area (Å²) in [7, 11) is 0. The summed E-state index contributed by atoms with van der Waals surface area (Å²) >= 11 is 0. The number of primary amides is 1. The molecule has 0 unspecified atom stereocenters. The Morgan fingerprint density at radius 2 is 2.29 bits per heavy atom. The van der Waals surface area contributed by atoms with Crippen LogP contribution in [0.15, 0.2) is 36.9 Å². The number of nitrogens with two attached hydrogens (primary N) is 1. The SMILES string of the molecule is C=CCOc1ccccc1NC(N)=O. The van der Waals surface area contributed by atoms with Gasteiger partial charge in [-0.3, -0.25) is 0 Å². The Hall–Kier alpha value is -1.97. The highest BCUT2D eigenvalue weighted by Crippen LogP contribution is 2.23. The number of nitrogens with one attached hydrogen (secondary N) is 1. The summed E-state index contributed by atoms with van der Waals surface area (Å²) in [5, 5.41) is 2.46. The molecule has 0 aliphatic rings. The molecule has 0 fully saturated rings. The highest BCUT2D eigenvalue weighted by molar-refractivity contribution is 5.89. The monoisotopic (exact) mass is 192 g/mol. The van der Waals surface area contributed by atoms with Crippen LogP contribution in [0.2, 0.25) is 0 Å². The number of anilines is 1. The molecule has 1 aromatic carbocycles. The van der Waals surface area contributed by atoms with Crippen molar-refractivity contribution in [2.75, 3.05) is 11.9 Å². The normalized spacial score (nSPS) is 9.14. The third kappa shape index (κ3) is 2.82. The summed E-state index contributed by atoms with van der Waals surface area (Å²) in [6, 6.07) is 6.44. The fourth-order valence-corrected chi connectivity index (χ4v) is 0.977. The average molecular weight is 192 g/mol. The molecule has 0 aliphatic carbocycles. The smallest absolute Gasteiger partial charge is 0.316 e. The first-order valence-corrected chi connectivity index (χ1v) is 4.13. The molecule has 1 aromatic rings. The number of benzene rings is 1. The summed E-state index contributed by atoms with van der Waals surface area (Å²) in [5.41, 5.74) is 5.55. The van der Waals surface area contributed by atoms with E-state index < -0.39 is 6.03 Å². The Balaban J connectivity index is 2.79. The lowest BCUT2D eigenvalue weighted by Crippen LogP contribution is -2.19. The summed E-state index contributed by atoms with van der Waals surface area (Å²) < 4.78 is 5.30. The maximum Gasteiger partial charge on any atom is 0.316 e. The largest absolute Gasteiger partial charge is 0.487 e. The second-order valence-corrected chi connectivity index (χ2v) is 2.59. The number of hydrogen-bond acceptors (Lipinski definition) is 2. The van der Waals surface area contributed by atoms with Crippen LogP contribution in [0.1, 0.15) is 0 Å². The van der Waals surface area contributed by atoms with Crippen molar-refractivity contribution >= 4 is 11.7 Å². The molecule has 14 heavy (non-hydrogen) atoms. The molecule has 3 N–H and O–H groups in total. The first kappa shape index (κ1) is 10.1. The number of ether oxygens (including phenoxy) is 1. The van der Waals surface area contributed by atoms with Gasteiger partial charge in [0.2, 0.25) is 0 Å². The van der Waals surface area contributed by atoms with Crippen molar-refractivity contribution in [2.24, 2.45) is 5.73 Å². The van der Waals surface area contributed by atoms with E-state index in [9.17, 15) is 4.79 Å². The minimum atomic E-state index is -0.611. The van der Waals surface area contributed by atoms with Gasteiger partial charge >= 0.3 is 6.03 Å². The summed E-state index contributed by atoms with van der Waals surface area (Å²) in [6.45, 7) is 3.92. The number of carbonyl (C=O) groups is 1. The minimum Gasteiger partial charge on any atom is -0.487 e. The number of amides is 2. The molecular weight excluding hydrogens is 180 g/mol. The summed E-state index contributed by atoms with van der Waals surface area (Å²) in [4.78, 5) is 10.6. The van der Waals surface area contributed by atoms with E-state index in [0.29, 0.717) is 18.0 Å². The predicted molar refractivity (Wildman–Crippen MR) is 55.3 cm³/mol. The van der Waals surface area contributed by atoms with Crippen molar-refractivity contribution in [2.45, 2.75) is 0 Å². The van der Waals surface area contributed by atoms with E-state index in [0.717, 1.165) is 0 Å². The van der Waals surface area contributed by atoms with Crippen LogP contribution in [0.4, 0.5) is 10.5 Å². The molecule has 4 nitrogen and oxygen atoms in total. The van der Waals surface area contributed by atoms with Gasteiger partial charge in [-0.15, -0.1) is 0 Å². The van der Waals surface area contributed by atoms with Crippen molar-refractivity contribution in [1.29, 1.82) is 0 Å². The number of carbonyl (C=O) groups excluding carboxylic acids is 1. The Morgan fingerprint density at radius 1 is 1.57 bits per heavy atom. The van der Waals surface area contributed by atoms with Gasteiger partial charge in [-0.1, -0.05) is 24.8 Å². The molecule has 0 saturated heterocycles. The molecule has 0 aliphatic heterocycles. The van der Waals surface area contributed by atoms with Gasteiger partial charge in [0.1, 0.15) is 12.4 Å². The fourth-order valence-electron chi connectivity index (χ4n) is 0.977. The molecule has 0 heterocycles. The fraction of sp³-hybridized carbons (Fsp3) is 0.100. The van der Waals surface area contributed by atoms with E-state index in [-0.39, 0.29) is 0 Å². The first-order valence-electron chi connectivity index (χ1n) is 4.13.